The largest absolute Gasteiger partial charge is 0.469 e. The lowest BCUT2D eigenvalue weighted by molar-refractivity contribution is -0.161. The maximum Gasteiger partial charge on any atom is 0.312 e. The molecule has 0 aromatic heterocycles. The molecule has 0 aromatic rings. The third kappa shape index (κ3) is 4.01. The Morgan fingerprint density at radius 2 is 1.53 bits per heavy atom. The summed E-state index contributed by atoms with van der Waals surface area (Å²) in [7, 11) is 1.49. The molecule has 0 saturated heterocycles. The molecule has 0 aliphatic carbocycles. The van der Waals surface area contributed by atoms with Gasteiger partial charge in [0.1, 0.15) is 0 Å². The van der Waals surface area contributed by atoms with Gasteiger partial charge < -0.3 is 4.74 Å². The third-order valence-corrected chi connectivity index (χ3v) is 4.05. The second-order valence-corrected chi connectivity index (χ2v) is 7.16. The van der Waals surface area contributed by atoms with Gasteiger partial charge in [-0.05, 0) is 30.6 Å². The van der Waals surface area contributed by atoms with Gasteiger partial charge in [0.15, 0.2) is 0 Å². The molecule has 0 saturated carbocycles. The van der Waals surface area contributed by atoms with Crippen molar-refractivity contribution in [3.8, 4) is 0 Å². The van der Waals surface area contributed by atoms with Gasteiger partial charge >= 0.3 is 5.97 Å². The van der Waals surface area contributed by atoms with Gasteiger partial charge in [-0.1, -0.05) is 48.0 Å². The van der Waals surface area contributed by atoms with Gasteiger partial charge in [0.05, 0.1) is 12.5 Å². The fraction of sp³-hybridized carbons (Fsp3) is 0.933. The molecule has 0 heterocycles. The number of methoxy groups -OCH3 is 1. The Hall–Kier alpha value is -0.530. The maximum atomic E-state index is 12.1. The average molecular weight is 242 g/mol. The van der Waals surface area contributed by atoms with Gasteiger partial charge in [0, 0.05) is 0 Å². The van der Waals surface area contributed by atoms with Gasteiger partial charge in [-0.3, -0.25) is 4.79 Å². The molecule has 0 aliphatic heterocycles. The molecule has 0 aliphatic rings. The van der Waals surface area contributed by atoms with Crippen molar-refractivity contribution in [1.82, 2.24) is 0 Å². The molecule has 102 valence electrons. The van der Waals surface area contributed by atoms with E-state index in [2.05, 4.69) is 41.5 Å². The molecule has 1 atom stereocenters. The van der Waals surface area contributed by atoms with Crippen LogP contribution < -0.4 is 0 Å². The first-order valence-electron chi connectivity index (χ1n) is 6.58. The van der Waals surface area contributed by atoms with E-state index >= 15 is 0 Å². The van der Waals surface area contributed by atoms with E-state index in [-0.39, 0.29) is 16.8 Å². The van der Waals surface area contributed by atoms with Crippen molar-refractivity contribution in [3.63, 3.8) is 0 Å². The minimum absolute atomic E-state index is 0.0887. The van der Waals surface area contributed by atoms with Gasteiger partial charge in [0.25, 0.3) is 0 Å². The summed E-state index contributed by atoms with van der Waals surface area (Å²) in [6.45, 7) is 15.1. The van der Waals surface area contributed by atoms with Crippen molar-refractivity contribution in [1.29, 1.82) is 0 Å². The molecule has 0 fully saturated rings. The van der Waals surface area contributed by atoms with E-state index in [0.717, 1.165) is 19.3 Å². The van der Waals surface area contributed by atoms with E-state index in [1.807, 2.05) is 6.92 Å². The average Bonchev–Trinajstić information content (AvgIpc) is 2.13. The van der Waals surface area contributed by atoms with Crippen molar-refractivity contribution < 1.29 is 9.53 Å². The van der Waals surface area contributed by atoms with Crippen molar-refractivity contribution in [3.05, 3.63) is 0 Å². The van der Waals surface area contributed by atoms with Crippen LogP contribution in [0.25, 0.3) is 0 Å². The number of carbonyl (C=O) groups is 1. The summed E-state index contributed by atoms with van der Waals surface area (Å²) in [6.07, 6.45) is 3.15. The Morgan fingerprint density at radius 1 is 1.06 bits per heavy atom. The predicted octanol–water partition coefficient (Wildman–Crippen LogP) is 4.43. The highest BCUT2D eigenvalue weighted by molar-refractivity contribution is 5.77. The highest BCUT2D eigenvalue weighted by Crippen LogP contribution is 2.48. The zero-order chi connectivity index (χ0) is 13.9. The summed E-state index contributed by atoms with van der Waals surface area (Å²) in [4.78, 5) is 12.1. The monoisotopic (exact) mass is 242 g/mol. The van der Waals surface area contributed by atoms with Crippen LogP contribution in [0.3, 0.4) is 0 Å². The number of hydrogen-bond acceptors (Lipinski definition) is 2. The van der Waals surface area contributed by atoms with Crippen molar-refractivity contribution in [2.24, 2.45) is 16.2 Å². The first kappa shape index (κ1) is 16.5. The Bertz CT molecular complexity index is 261. The van der Waals surface area contributed by atoms with Gasteiger partial charge in [-0.2, -0.15) is 0 Å². The summed E-state index contributed by atoms with van der Waals surface area (Å²) in [5.41, 5.74) is -0.351. The Kier molecular flexibility index (Phi) is 5.24. The minimum Gasteiger partial charge on any atom is -0.469 e. The lowest BCUT2D eigenvalue weighted by Crippen LogP contribution is -2.44. The molecule has 0 spiro atoms. The zero-order valence-corrected chi connectivity index (χ0v) is 12.9. The highest BCUT2D eigenvalue weighted by atomic mass is 16.5. The fourth-order valence-corrected chi connectivity index (χ4v) is 2.59. The van der Waals surface area contributed by atoms with Gasteiger partial charge in [0.2, 0.25) is 0 Å². The number of rotatable bonds is 5. The van der Waals surface area contributed by atoms with Crippen LogP contribution in [0.5, 0.6) is 0 Å². The van der Waals surface area contributed by atoms with E-state index in [0.29, 0.717) is 0 Å². The molecule has 0 rings (SSSR count). The predicted molar refractivity (Wildman–Crippen MR) is 72.9 cm³/mol. The number of hydrogen-bond donors (Lipinski definition) is 0. The maximum absolute atomic E-state index is 12.1. The van der Waals surface area contributed by atoms with Crippen LogP contribution in [0.15, 0.2) is 0 Å². The molecular formula is C15H30O2. The highest BCUT2D eigenvalue weighted by Gasteiger charge is 2.47. The standard InChI is InChI=1S/C15H30O2/c1-9-10-14(5,6)11-15(7,12(16)17-8)13(2,3)4/h9-11H2,1-8H3. The molecule has 0 bridgehead atoms. The summed E-state index contributed by atoms with van der Waals surface area (Å²) < 4.78 is 5.03. The first-order valence-corrected chi connectivity index (χ1v) is 6.58. The lowest BCUT2D eigenvalue weighted by Gasteiger charge is -2.44. The van der Waals surface area contributed by atoms with Crippen molar-refractivity contribution >= 4 is 5.97 Å². The number of carbonyl (C=O) groups excluding carboxylic acids is 1. The number of esters is 1. The molecule has 0 aromatic carbocycles. The topological polar surface area (TPSA) is 26.3 Å². The van der Waals surface area contributed by atoms with Crippen LogP contribution in [0.1, 0.15) is 67.7 Å². The summed E-state index contributed by atoms with van der Waals surface area (Å²) in [5, 5.41) is 0. The number of ether oxygens (including phenoxy) is 1. The van der Waals surface area contributed by atoms with E-state index in [9.17, 15) is 4.79 Å². The van der Waals surface area contributed by atoms with Crippen LogP contribution in [0.4, 0.5) is 0 Å². The zero-order valence-electron chi connectivity index (χ0n) is 12.9. The van der Waals surface area contributed by atoms with Crippen LogP contribution in [-0.2, 0) is 9.53 Å². The summed E-state index contributed by atoms with van der Waals surface area (Å²) in [6, 6.07) is 0. The van der Waals surface area contributed by atoms with Gasteiger partial charge in [-0.25, -0.2) is 0 Å². The molecule has 17 heavy (non-hydrogen) atoms. The third-order valence-electron chi connectivity index (χ3n) is 4.05. The van der Waals surface area contributed by atoms with Gasteiger partial charge in [-0.15, -0.1) is 0 Å². The minimum atomic E-state index is -0.430. The second kappa shape index (κ2) is 5.41. The summed E-state index contributed by atoms with van der Waals surface area (Å²) in [5.74, 6) is -0.0887. The summed E-state index contributed by atoms with van der Waals surface area (Å²) >= 11 is 0. The smallest absolute Gasteiger partial charge is 0.312 e. The molecule has 0 radical (unpaired) electrons. The van der Waals surface area contributed by atoms with Crippen LogP contribution in [-0.4, -0.2) is 13.1 Å². The molecule has 1 unspecified atom stereocenters. The van der Waals surface area contributed by atoms with Crippen LogP contribution in [0, 0.1) is 16.2 Å². The van der Waals surface area contributed by atoms with E-state index in [1.54, 1.807) is 0 Å². The molecule has 0 amide bonds. The Labute approximate surface area is 107 Å². The van der Waals surface area contributed by atoms with Crippen LogP contribution in [0.2, 0.25) is 0 Å². The SMILES string of the molecule is CCCC(C)(C)CC(C)(C(=O)OC)C(C)(C)C. The first-order chi connectivity index (χ1) is 7.50. The van der Waals surface area contributed by atoms with Crippen molar-refractivity contribution in [2.75, 3.05) is 7.11 Å². The van der Waals surface area contributed by atoms with E-state index in [4.69, 9.17) is 4.74 Å². The molecule has 0 N–H and O–H groups in total. The quantitative estimate of drug-likeness (QED) is 0.667. The van der Waals surface area contributed by atoms with Crippen LogP contribution >= 0.6 is 0 Å². The molecule has 2 nitrogen and oxygen atoms in total. The Balaban J connectivity index is 5.17. The Morgan fingerprint density at radius 3 is 1.82 bits per heavy atom. The molecule has 2 heteroatoms. The van der Waals surface area contributed by atoms with E-state index in [1.165, 1.54) is 7.11 Å². The normalized spacial score (nSPS) is 16.5. The second-order valence-electron chi connectivity index (χ2n) is 7.16. The lowest BCUT2D eigenvalue weighted by atomic mass is 9.60. The molecular weight excluding hydrogens is 212 g/mol. The van der Waals surface area contributed by atoms with E-state index < -0.39 is 5.41 Å². The van der Waals surface area contributed by atoms with Crippen molar-refractivity contribution in [2.45, 2.75) is 67.7 Å². The fourth-order valence-electron chi connectivity index (χ4n) is 2.59.